The number of amides is 2. The van der Waals surface area contributed by atoms with Crippen molar-refractivity contribution in [2.75, 3.05) is 23.3 Å². The largest absolute Gasteiger partial charge is 0.348 e. The fourth-order valence-electron chi connectivity index (χ4n) is 5.99. The second kappa shape index (κ2) is 7.89. The Balaban J connectivity index is 1.38. The lowest BCUT2D eigenvalue weighted by Crippen LogP contribution is -2.62. The van der Waals surface area contributed by atoms with E-state index in [0.29, 0.717) is 12.8 Å². The number of benzene rings is 2. The highest BCUT2D eigenvalue weighted by Crippen LogP contribution is 2.45. The van der Waals surface area contributed by atoms with Crippen LogP contribution >= 0.6 is 0 Å². The highest BCUT2D eigenvalue weighted by molar-refractivity contribution is 6.15. The molecule has 6 rings (SSSR count). The third-order valence-corrected chi connectivity index (χ3v) is 7.52. The van der Waals surface area contributed by atoms with Gasteiger partial charge < -0.3 is 9.88 Å². The smallest absolute Gasteiger partial charge is 0.250 e. The third-order valence-electron chi connectivity index (χ3n) is 7.52. The van der Waals surface area contributed by atoms with Gasteiger partial charge in [0.05, 0.1) is 24.0 Å². The molecule has 1 N–H and O–H groups in total. The first-order valence-electron chi connectivity index (χ1n) is 11.8. The highest BCUT2D eigenvalue weighted by atomic mass is 16.2. The number of carbonyl (C=O) groups excluding carboxylic acids is 2. The van der Waals surface area contributed by atoms with Crippen LogP contribution in [0, 0.1) is 0 Å². The number of anilines is 2. The topological polar surface area (TPSA) is 57.6 Å². The van der Waals surface area contributed by atoms with E-state index in [2.05, 4.69) is 57.4 Å². The molecule has 2 amide bonds. The van der Waals surface area contributed by atoms with Gasteiger partial charge in [-0.1, -0.05) is 55.3 Å². The van der Waals surface area contributed by atoms with Crippen molar-refractivity contribution in [3.63, 3.8) is 0 Å². The van der Waals surface area contributed by atoms with Gasteiger partial charge in [0.25, 0.3) is 5.91 Å². The number of fused-ring (bicyclic) bond motifs is 2. The first kappa shape index (κ1) is 20.2. The first-order chi connectivity index (χ1) is 16.2. The Morgan fingerprint density at radius 2 is 1.70 bits per heavy atom. The fourth-order valence-corrected chi connectivity index (χ4v) is 5.99. The van der Waals surface area contributed by atoms with Crippen molar-refractivity contribution in [2.45, 2.75) is 43.8 Å². The van der Waals surface area contributed by atoms with E-state index in [0.717, 1.165) is 37.3 Å². The Labute approximate surface area is 193 Å². The number of nitrogens with one attached hydrogen (secondary N) is 1. The maximum Gasteiger partial charge on any atom is 0.250 e. The van der Waals surface area contributed by atoms with Gasteiger partial charge in [0.2, 0.25) is 5.91 Å². The Morgan fingerprint density at radius 1 is 0.939 bits per heavy atom. The van der Waals surface area contributed by atoms with Crippen LogP contribution in [0.1, 0.15) is 43.0 Å². The molecule has 33 heavy (non-hydrogen) atoms. The highest BCUT2D eigenvalue weighted by Gasteiger charge is 2.52. The van der Waals surface area contributed by atoms with E-state index in [4.69, 9.17) is 0 Å². The summed E-state index contributed by atoms with van der Waals surface area (Å²) in [7, 11) is 0. The van der Waals surface area contributed by atoms with E-state index < -0.39 is 5.54 Å². The molecule has 6 heteroatoms. The molecule has 1 unspecified atom stereocenters. The zero-order valence-corrected chi connectivity index (χ0v) is 18.6. The molecule has 1 aromatic heterocycles. The predicted octanol–water partition coefficient (Wildman–Crippen LogP) is 4.19. The monoisotopic (exact) mass is 440 g/mol. The number of hydrogen-bond acceptors (Lipinski definition) is 3. The normalized spacial score (nSPS) is 21.5. The SMILES string of the molecule is O=C(CN1CCn2cccc2C1c1ccccc1)N1c2ccccc2NC(=O)C12CCCC2. The zero-order chi connectivity index (χ0) is 22.4. The standard InChI is InChI=1S/C27H28N4O2/c32-24(31-22-12-5-4-11-21(22)28-26(33)27(31)14-6-7-15-27)19-30-18-17-29-16-8-13-23(29)25(30)20-9-2-1-3-10-20/h1-5,8-13,16,25H,6-7,14-15,17-19H2,(H,28,33). The van der Waals surface area contributed by atoms with E-state index in [9.17, 15) is 9.59 Å². The minimum atomic E-state index is -0.774. The van der Waals surface area contributed by atoms with Crippen molar-refractivity contribution in [2.24, 2.45) is 0 Å². The van der Waals surface area contributed by atoms with Crippen LogP contribution in [-0.2, 0) is 16.1 Å². The summed E-state index contributed by atoms with van der Waals surface area (Å²) >= 11 is 0. The van der Waals surface area contributed by atoms with Gasteiger partial charge in [0.1, 0.15) is 5.54 Å². The van der Waals surface area contributed by atoms with Gasteiger partial charge in [-0.25, -0.2) is 0 Å². The average Bonchev–Trinajstić information content (AvgIpc) is 3.51. The summed E-state index contributed by atoms with van der Waals surface area (Å²) in [6.45, 7) is 1.90. The molecule has 1 saturated carbocycles. The molecule has 0 bridgehead atoms. The molecule has 2 aromatic carbocycles. The number of hydrogen-bond donors (Lipinski definition) is 1. The molecule has 0 radical (unpaired) electrons. The van der Waals surface area contributed by atoms with Crippen LogP contribution in [0.25, 0.3) is 0 Å². The Bertz CT molecular complexity index is 1200. The molecule has 168 valence electrons. The van der Waals surface area contributed by atoms with Crippen molar-refractivity contribution in [3.05, 3.63) is 84.2 Å². The quantitative estimate of drug-likeness (QED) is 0.664. The summed E-state index contributed by atoms with van der Waals surface area (Å²) in [5.74, 6) is -0.0423. The second-order valence-electron chi connectivity index (χ2n) is 9.35. The number of carbonyl (C=O) groups is 2. The van der Waals surface area contributed by atoms with Gasteiger partial charge in [-0.15, -0.1) is 0 Å². The molecule has 6 nitrogen and oxygen atoms in total. The van der Waals surface area contributed by atoms with Crippen LogP contribution in [0.5, 0.6) is 0 Å². The van der Waals surface area contributed by atoms with Crippen molar-refractivity contribution < 1.29 is 9.59 Å². The summed E-state index contributed by atoms with van der Waals surface area (Å²) in [4.78, 5) is 31.4. The molecule has 3 aromatic rings. The van der Waals surface area contributed by atoms with E-state index >= 15 is 0 Å². The van der Waals surface area contributed by atoms with Gasteiger partial charge in [-0.3, -0.25) is 19.4 Å². The van der Waals surface area contributed by atoms with Crippen LogP contribution in [-0.4, -0.2) is 39.9 Å². The third kappa shape index (κ3) is 3.20. The molecular formula is C27H28N4O2. The molecule has 3 aliphatic rings. The van der Waals surface area contributed by atoms with Gasteiger partial charge in [0.15, 0.2) is 0 Å². The van der Waals surface area contributed by atoms with E-state index in [1.54, 1.807) is 0 Å². The molecule has 0 saturated heterocycles. The van der Waals surface area contributed by atoms with Crippen LogP contribution in [0.4, 0.5) is 11.4 Å². The van der Waals surface area contributed by atoms with Gasteiger partial charge in [-0.05, 0) is 42.7 Å². The maximum absolute atomic E-state index is 14.1. The Hall–Kier alpha value is -3.38. The fraction of sp³-hybridized carbons (Fsp3) is 0.333. The summed E-state index contributed by atoms with van der Waals surface area (Å²) < 4.78 is 2.28. The summed E-state index contributed by atoms with van der Waals surface area (Å²) in [6, 6.07) is 22.3. The Morgan fingerprint density at radius 3 is 2.52 bits per heavy atom. The second-order valence-corrected chi connectivity index (χ2v) is 9.35. The zero-order valence-electron chi connectivity index (χ0n) is 18.6. The average molecular weight is 441 g/mol. The van der Waals surface area contributed by atoms with Gasteiger partial charge >= 0.3 is 0 Å². The lowest BCUT2D eigenvalue weighted by Gasteiger charge is -2.46. The van der Waals surface area contributed by atoms with Crippen molar-refractivity contribution in [1.82, 2.24) is 9.47 Å². The molecule has 1 aliphatic carbocycles. The van der Waals surface area contributed by atoms with E-state index in [1.165, 1.54) is 11.3 Å². The molecule has 3 heterocycles. The lowest BCUT2D eigenvalue weighted by molar-refractivity contribution is -0.128. The van der Waals surface area contributed by atoms with Crippen molar-refractivity contribution >= 4 is 23.2 Å². The molecule has 1 fully saturated rings. The molecular weight excluding hydrogens is 412 g/mol. The molecule has 1 spiro atoms. The number of para-hydroxylation sites is 2. The van der Waals surface area contributed by atoms with Crippen molar-refractivity contribution in [3.8, 4) is 0 Å². The van der Waals surface area contributed by atoms with Gasteiger partial charge in [0, 0.05) is 25.0 Å². The minimum absolute atomic E-state index is 0.000127. The number of rotatable bonds is 3. The van der Waals surface area contributed by atoms with Crippen LogP contribution in [0.15, 0.2) is 72.9 Å². The molecule has 1 atom stereocenters. The minimum Gasteiger partial charge on any atom is -0.348 e. The summed E-state index contributed by atoms with van der Waals surface area (Å²) in [5.41, 5.74) is 3.15. The number of nitrogens with zero attached hydrogens (tertiary/aromatic N) is 3. The molecule has 2 aliphatic heterocycles. The van der Waals surface area contributed by atoms with Crippen molar-refractivity contribution in [1.29, 1.82) is 0 Å². The summed E-state index contributed by atoms with van der Waals surface area (Å²) in [6.07, 6.45) is 5.46. The Kier molecular flexibility index (Phi) is 4.84. The first-order valence-corrected chi connectivity index (χ1v) is 11.8. The lowest BCUT2D eigenvalue weighted by atomic mass is 9.89. The van der Waals surface area contributed by atoms with Crippen LogP contribution < -0.4 is 10.2 Å². The van der Waals surface area contributed by atoms with E-state index in [1.807, 2.05) is 35.2 Å². The summed E-state index contributed by atoms with van der Waals surface area (Å²) in [5, 5.41) is 3.08. The number of aromatic nitrogens is 1. The predicted molar refractivity (Wildman–Crippen MR) is 128 cm³/mol. The maximum atomic E-state index is 14.1. The van der Waals surface area contributed by atoms with E-state index in [-0.39, 0.29) is 24.4 Å². The van der Waals surface area contributed by atoms with Crippen LogP contribution in [0.2, 0.25) is 0 Å². The van der Waals surface area contributed by atoms with Gasteiger partial charge in [-0.2, -0.15) is 0 Å². The van der Waals surface area contributed by atoms with Crippen LogP contribution in [0.3, 0.4) is 0 Å².